The number of sulfonamides is 1. The Labute approximate surface area is 185 Å². The van der Waals surface area contributed by atoms with E-state index in [9.17, 15) is 18.0 Å². The molecule has 0 unspecified atom stereocenters. The second-order valence-corrected chi connectivity index (χ2v) is 10.1. The van der Waals surface area contributed by atoms with E-state index in [4.69, 9.17) is 4.74 Å². The van der Waals surface area contributed by atoms with Crippen LogP contribution in [0.4, 0.5) is 11.4 Å². The van der Waals surface area contributed by atoms with Gasteiger partial charge in [-0.25, -0.2) is 8.42 Å². The van der Waals surface area contributed by atoms with Crippen LogP contribution in [0.25, 0.3) is 0 Å². The van der Waals surface area contributed by atoms with Crippen LogP contribution in [0.5, 0.6) is 0 Å². The number of benzene rings is 2. The highest BCUT2D eigenvalue weighted by Gasteiger charge is 2.27. The fourth-order valence-corrected chi connectivity index (χ4v) is 5.90. The van der Waals surface area contributed by atoms with Crippen molar-refractivity contribution >= 4 is 45.0 Å². The summed E-state index contributed by atoms with van der Waals surface area (Å²) in [4.78, 5) is 27.6. The third kappa shape index (κ3) is 4.93. The summed E-state index contributed by atoms with van der Waals surface area (Å²) in [5.74, 6) is 0.0274. The molecule has 2 heterocycles. The van der Waals surface area contributed by atoms with Gasteiger partial charge in [-0.1, -0.05) is 18.2 Å². The molecule has 0 saturated carbocycles. The lowest BCUT2D eigenvalue weighted by molar-refractivity contribution is -0.117. The van der Waals surface area contributed by atoms with Crippen molar-refractivity contribution in [3.63, 3.8) is 0 Å². The largest absolute Gasteiger partial charge is 0.379 e. The topological polar surface area (TPSA) is 96.0 Å². The highest BCUT2D eigenvalue weighted by atomic mass is 32.2. The maximum atomic E-state index is 12.8. The average Bonchev–Trinajstić information content (AvgIpc) is 2.79. The quantitative estimate of drug-likeness (QED) is 0.708. The van der Waals surface area contributed by atoms with Crippen molar-refractivity contribution in [2.45, 2.75) is 16.2 Å². The molecule has 0 aliphatic carbocycles. The molecule has 0 radical (unpaired) electrons. The highest BCUT2D eigenvalue weighted by molar-refractivity contribution is 8.00. The average molecular weight is 462 g/mol. The molecule has 31 heavy (non-hydrogen) atoms. The Balaban J connectivity index is 1.41. The molecule has 2 aliphatic heterocycles. The van der Waals surface area contributed by atoms with Gasteiger partial charge in [-0.15, -0.1) is 11.8 Å². The lowest BCUT2D eigenvalue weighted by Crippen LogP contribution is -2.40. The van der Waals surface area contributed by atoms with Crippen LogP contribution in [0.2, 0.25) is 0 Å². The number of hydrogen-bond donors (Lipinski definition) is 1. The summed E-state index contributed by atoms with van der Waals surface area (Å²) in [6.45, 7) is 1.61. The molecule has 8 nitrogen and oxygen atoms in total. The summed E-state index contributed by atoms with van der Waals surface area (Å²) in [6.07, 6.45) is 0.102. The van der Waals surface area contributed by atoms with Gasteiger partial charge in [-0.3, -0.25) is 9.59 Å². The van der Waals surface area contributed by atoms with Crippen LogP contribution in [-0.2, 0) is 24.3 Å². The Morgan fingerprint density at radius 2 is 1.87 bits per heavy atom. The summed E-state index contributed by atoms with van der Waals surface area (Å²) in [5, 5.41) is 2.75. The minimum absolute atomic E-state index is 0.0323. The first-order chi connectivity index (χ1) is 14.9. The smallest absolute Gasteiger partial charge is 0.243 e. The van der Waals surface area contributed by atoms with Gasteiger partial charge >= 0.3 is 0 Å². The van der Waals surface area contributed by atoms with E-state index in [0.29, 0.717) is 37.7 Å². The molecule has 2 amide bonds. The summed E-state index contributed by atoms with van der Waals surface area (Å²) in [7, 11) is -3.64. The van der Waals surface area contributed by atoms with Crippen LogP contribution in [0.1, 0.15) is 6.42 Å². The van der Waals surface area contributed by atoms with Crippen LogP contribution in [-0.4, -0.2) is 63.1 Å². The predicted octanol–water partition coefficient (Wildman–Crippen LogP) is 2.18. The lowest BCUT2D eigenvalue weighted by atomic mass is 10.2. The molecule has 2 aromatic carbocycles. The van der Waals surface area contributed by atoms with Crippen molar-refractivity contribution in [1.29, 1.82) is 0 Å². The Morgan fingerprint density at radius 3 is 2.68 bits per heavy atom. The summed E-state index contributed by atoms with van der Waals surface area (Å²) >= 11 is 1.49. The second kappa shape index (κ2) is 9.39. The number of hydrogen-bond acceptors (Lipinski definition) is 6. The molecule has 10 heteroatoms. The number of anilines is 2. The molecular weight excluding hydrogens is 438 g/mol. The number of morpholine rings is 1. The van der Waals surface area contributed by atoms with Gasteiger partial charge in [0.1, 0.15) is 0 Å². The zero-order valence-electron chi connectivity index (χ0n) is 16.8. The molecule has 1 fully saturated rings. The van der Waals surface area contributed by atoms with E-state index in [1.807, 2.05) is 24.3 Å². The first-order valence-electron chi connectivity index (χ1n) is 9.95. The molecule has 164 valence electrons. The monoisotopic (exact) mass is 461 g/mol. The minimum Gasteiger partial charge on any atom is -0.379 e. The number of carbonyl (C=O) groups is 2. The molecule has 0 bridgehead atoms. The molecule has 0 aromatic heterocycles. The Bertz CT molecular complexity index is 1080. The van der Waals surface area contributed by atoms with Crippen LogP contribution in [0.3, 0.4) is 0 Å². The molecule has 2 aliphatic rings. The van der Waals surface area contributed by atoms with Crippen LogP contribution < -0.4 is 10.2 Å². The number of thioether (sulfide) groups is 1. The first kappa shape index (κ1) is 21.8. The SMILES string of the molecule is O=C(CCN1C(=O)CSc2ccccc21)Nc1cccc(S(=O)(=O)N2CCOCC2)c1. The van der Waals surface area contributed by atoms with Crippen molar-refractivity contribution in [3.8, 4) is 0 Å². The number of fused-ring (bicyclic) bond motifs is 1. The van der Waals surface area contributed by atoms with E-state index in [-0.39, 0.29) is 29.7 Å². The van der Waals surface area contributed by atoms with Crippen LogP contribution in [0.15, 0.2) is 58.3 Å². The van der Waals surface area contributed by atoms with Crippen molar-refractivity contribution in [2.75, 3.05) is 48.8 Å². The lowest BCUT2D eigenvalue weighted by Gasteiger charge is -2.28. The number of amides is 2. The van der Waals surface area contributed by atoms with Gasteiger partial charge in [0.05, 0.1) is 29.5 Å². The second-order valence-electron chi connectivity index (χ2n) is 7.14. The summed E-state index contributed by atoms with van der Waals surface area (Å²) < 4.78 is 32.2. The first-order valence-corrected chi connectivity index (χ1v) is 12.4. The molecule has 4 rings (SSSR count). The predicted molar refractivity (Wildman–Crippen MR) is 119 cm³/mol. The third-order valence-corrected chi connectivity index (χ3v) is 8.04. The van der Waals surface area contributed by atoms with Crippen LogP contribution in [0, 0.1) is 0 Å². The maximum Gasteiger partial charge on any atom is 0.243 e. The number of carbonyl (C=O) groups excluding carboxylic acids is 2. The van der Waals surface area contributed by atoms with Gasteiger partial charge in [-0.2, -0.15) is 4.31 Å². The van der Waals surface area contributed by atoms with Gasteiger partial charge in [0.2, 0.25) is 21.8 Å². The number of para-hydroxylation sites is 1. The van der Waals surface area contributed by atoms with E-state index in [1.165, 1.54) is 28.2 Å². The molecule has 2 aromatic rings. The number of rotatable bonds is 6. The standard InChI is InChI=1S/C21H23N3O5S2/c25-20(8-9-24-18-6-1-2-7-19(18)30-15-21(24)26)22-16-4-3-5-17(14-16)31(27,28)23-10-12-29-13-11-23/h1-7,14H,8-13,15H2,(H,22,25). The van der Waals surface area contributed by atoms with Gasteiger partial charge in [0.15, 0.2) is 0 Å². The molecular formula is C21H23N3O5S2. The normalized spacial score (nSPS) is 17.3. The summed E-state index contributed by atoms with van der Waals surface area (Å²) in [5.41, 5.74) is 1.22. The van der Waals surface area contributed by atoms with Gasteiger partial charge in [0, 0.05) is 36.6 Å². The number of nitrogens with zero attached hydrogens (tertiary/aromatic N) is 2. The van der Waals surface area contributed by atoms with E-state index in [0.717, 1.165) is 10.6 Å². The van der Waals surface area contributed by atoms with E-state index in [2.05, 4.69) is 5.32 Å². The Morgan fingerprint density at radius 1 is 1.10 bits per heavy atom. The van der Waals surface area contributed by atoms with Crippen molar-refractivity contribution < 1.29 is 22.7 Å². The number of nitrogens with one attached hydrogen (secondary N) is 1. The van der Waals surface area contributed by atoms with Gasteiger partial charge in [-0.05, 0) is 30.3 Å². The molecule has 1 saturated heterocycles. The van der Waals surface area contributed by atoms with Crippen LogP contribution >= 0.6 is 11.8 Å². The minimum atomic E-state index is -3.64. The number of ether oxygens (including phenoxy) is 1. The van der Waals surface area contributed by atoms with Crippen molar-refractivity contribution in [3.05, 3.63) is 48.5 Å². The highest BCUT2D eigenvalue weighted by Crippen LogP contribution is 2.34. The van der Waals surface area contributed by atoms with E-state index >= 15 is 0 Å². The zero-order valence-corrected chi connectivity index (χ0v) is 18.5. The fourth-order valence-electron chi connectivity index (χ4n) is 3.51. The van der Waals surface area contributed by atoms with E-state index < -0.39 is 10.0 Å². The zero-order chi connectivity index (χ0) is 21.8. The van der Waals surface area contributed by atoms with Crippen molar-refractivity contribution in [2.24, 2.45) is 0 Å². The summed E-state index contributed by atoms with van der Waals surface area (Å²) in [6, 6.07) is 13.8. The van der Waals surface area contributed by atoms with Gasteiger partial charge < -0.3 is 15.0 Å². The molecule has 1 N–H and O–H groups in total. The molecule has 0 spiro atoms. The molecule has 0 atom stereocenters. The Hall–Kier alpha value is -2.40. The van der Waals surface area contributed by atoms with Gasteiger partial charge in [0.25, 0.3) is 0 Å². The van der Waals surface area contributed by atoms with Crippen molar-refractivity contribution in [1.82, 2.24) is 4.31 Å². The van der Waals surface area contributed by atoms with E-state index in [1.54, 1.807) is 17.0 Å². The third-order valence-electron chi connectivity index (χ3n) is 5.10. The Kier molecular flexibility index (Phi) is 6.61. The fraction of sp³-hybridized carbons (Fsp3) is 0.333. The maximum absolute atomic E-state index is 12.8.